The summed E-state index contributed by atoms with van der Waals surface area (Å²) in [6, 6.07) is 69.9. The van der Waals surface area contributed by atoms with Crippen LogP contribution in [-0.2, 0) is 5.41 Å². The van der Waals surface area contributed by atoms with E-state index >= 15 is 0 Å². The predicted molar refractivity (Wildman–Crippen MR) is 254 cm³/mol. The molecule has 0 amide bonds. The van der Waals surface area contributed by atoms with Crippen molar-refractivity contribution in [1.29, 1.82) is 0 Å². The second-order valence-corrected chi connectivity index (χ2v) is 17.2. The first-order valence-electron chi connectivity index (χ1n) is 20.9. The molecule has 2 heterocycles. The van der Waals surface area contributed by atoms with Crippen LogP contribution < -0.4 is 0 Å². The molecule has 0 saturated heterocycles. The van der Waals surface area contributed by atoms with Gasteiger partial charge in [0.1, 0.15) is 5.65 Å². The van der Waals surface area contributed by atoms with Crippen molar-refractivity contribution in [1.82, 2.24) is 9.38 Å². The highest BCUT2D eigenvalue weighted by Gasteiger charge is 2.37. The minimum atomic E-state index is -0.227. The summed E-state index contributed by atoms with van der Waals surface area (Å²) in [6.45, 7) is 4.82. The molecule has 10 aromatic carbocycles. The molecule has 60 heavy (non-hydrogen) atoms. The number of benzene rings is 10. The first kappa shape index (κ1) is 33.4. The van der Waals surface area contributed by atoms with E-state index in [1.165, 1.54) is 109 Å². The molecule has 12 aromatic rings. The minimum absolute atomic E-state index is 0.227. The Kier molecular flexibility index (Phi) is 6.82. The fourth-order valence-electron chi connectivity index (χ4n) is 10.5. The normalized spacial score (nSPS) is 13.3. The van der Waals surface area contributed by atoms with Gasteiger partial charge in [-0.1, -0.05) is 153 Å². The molecule has 0 bridgehead atoms. The van der Waals surface area contributed by atoms with E-state index in [0.717, 1.165) is 16.7 Å². The standard InChI is InChI=1S/C58H38N2/c1-58(2)51-31-40(43-25-28-54-59-57-44-16-8-7-13-37(44)24-27-53(57)60(54)34-43)23-26-45(51)48-32-49-50(33-52(48)58)56(42-22-20-36-12-4-6-15-39(36)30-42)47-18-10-9-17-46(47)55(49)41-21-19-35-11-3-5-14-38(35)29-41/h3-34H,1-2H3. The molecule has 0 fully saturated rings. The van der Waals surface area contributed by atoms with E-state index in [1.807, 2.05) is 0 Å². The van der Waals surface area contributed by atoms with Gasteiger partial charge in [-0.3, -0.25) is 4.40 Å². The van der Waals surface area contributed by atoms with Crippen LogP contribution in [0.1, 0.15) is 25.0 Å². The summed E-state index contributed by atoms with van der Waals surface area (Å²) in [5.41, 5.74) is 15.7. The van der Waals surface area contributed by atoms with Crippen LogP contribution in [0.25, 0.3) is 115 Å². The Balaban J connectivity index is 1.05. The van der Waals surface area contributed by atoms with Crippen molar-refractivity contribution in [2.45, 2.75) is 19.3 Å². The van der Waals surface area contributed by atoms with Crippen LogP contribution in [0.5, 0.6) is 0 Å². The average Bonchev–Trinajstić information content (AvgIpc) is 3.78. The van der Waals surface area contributed by atoms with Gasteiger partial charge in [0, 0.05) is 17.0 Å². The summed E-state index contributed by atoms with van der Waals surface area (Å²) < 4.78 is 2.25. The van der Waals surface area contributed by atoms with E-state index in [0.29, 0.717) is 0 Å². The molecule has 2 heteroatoms. The molecule has 0 atom stereocenters. The molecule has 280 valence electrons. The summed E-state index contributed by atoms with van der Waals surface area (Å²) in [7, 11) is 0. The zero-order chi connectivity index (χ0) is 39.7. The molecule has 0 unspecified atom stereocenters. The molecule has 0 N–H and O–H groups in total. The zero-order valence-corrected chi connectivity index (χ0v) is 33.4. The van der Waals surface area contributed by atoms with Crippen LogP contribution in [0.2, 0.25) is 0 Å². The van der Waals surface area contributed by atoms with Gasteiger partial charge in [0.15, 0.2) is 0 Å². The lowest BCUT2D eigenvalue weighted by Gasteiger charge is -2.24. The summed E-state index contributed by atoms with van der Waals surface area (Å²) in [5, 5.41) is 12.5. The molecule has 0 saturated carbocycles. The Labute approximate surface area is 347 Å². The number of pyridine rings is 1. The number of imidazole rings is 1. The molecule has 2 aromatic heterocycles. The third kappa shape index (κ3) is 4.73. The van der Waals surface area contributed by atoms with Gasteiger partial charge in [-0.05, 0) is 153 Å². The van der Waals surface area contributed by atoms with Gasteiger partial charge in [-0.2, -0.15) is 0 Å². The van der Waals surface area contributed by atoms with E-state index in [4.69, 9.17) is 4.98 Å². The van der Waals surface area contributed by atoms with E-state index in [9.17, 15) is 0 Å². The van der Waals surface area contributed by atoms with Crippen LogP contribution in [0.15, 0.2) is 194 Å². The number of rotatable bonds is 3. The van der Waals surface area contributed by atoms with Crippen LogP contribution in [0.4, 0.5) is 0 Å². The maximum Gasteiger partial charge on any atom is 0.137 e. The minimum Gasteiger partial charge on any atom is -0.299 e. The fraction of sp³-hybridized carbons (Fsp3) is 0.0517. The molecule has 0 spiro atoms. The first-order chi connectivity index (χ1) is 29.5. The highest BCUT2D eigenvalue weighted by atomic mass is 15.0. The lowest BCUT2D eigenvalue weighted by molar-refractivity contribution is 0.661. The molecule has 13 rings (SSSR count). The van der Waals surface area contributed by atoms with Crippen molar-refractivity contribution in [3.8, 4) is 44.5 Å². The Morgan fingerprint density at radius 2 is 0.917 bits per heavy atom. The third-order valence-electron chi connectivity index (χ3n) is 13.5. The number of hydrogen-bond acceptors (Lipinski definition) is 1. The van der Waals surface area contributed by atoms with E-state index in [2.05, 4.69) is 213 Å². The molecule has 0 radical (unpaired) electrons. The van der Waals surface area contributed by atoms with Gasteiger partial charge in [-0.25, -0.2) is 4.98 Å². The maximum absolute atomic E-state index is 5.08. The Morgan fingerprint density at radius 3 is 1.60 bits per heavy atom. The van der Waals surface area contributed by atoms with Crippen LogP contribution in [0.3, 0.4) is 0 Å². The largest absolute Gasteiger partial charge is 0.299 e. The van der Waals surface area contributed by atoms with Gasteiger partial charge in [-0.15, -0.1) is 0 Å². The van der Waals surface area contributed by atoms with Crippen LogP contribution in [0, 0.1) is 0 Å². The zero-order valence-electron chi connectivity index (χ0n) is 33.4. The van der Waals surface area contributed by atoms with Crippen molar-refractivity contribution in [3.63, 3.8) is 0 Å². The Hall–Kier alpha value is -7.55. The number of aromatic nitrogens is 2. The number of hydrogen-bond donors (Lipinski definition) is 0. The molecule has 1 aliphatic rings. The SMILES string of the molecule is CC1(C)c2cc(-c3ccc4nc5c6ccccc6ccc5n4c3)ccc2-c2cc3c(-c4ccc5ccccc5c4)c4ccccc4c(-c4ccc5ccccc5c4)c3cc21. The third-order valence-corrected chi connectivity index (χ3v) is 13.5. The van der Waals surface area contributed by atoms with Crippen molar-refractivity contribution in [3.05, 3.63) is 205 Å². The van der Waals surface area contributed by atoms with E-state index in [1.54, 1.807) is 0 Å². The predicted octanol–water partition coefficient (Wildman–Crippen LogP) is 15.6. The monoisotopic (exact) mass is 762 g/mol. The summed E-state index contributed by atoms with van der Waals surface area (Å²) >= 11 is 0. The topological polar surface area (TPSA) is 17.3 Å². The van der Waals surface area contributed by atoms with Gasteiger partial charge < -0.3 is 0 Å². The number of nitrogens with zero attached hydrogens (tertiary/aromatic N) is 2. The fourth-order valence-corrected chi connectivity index (χ4v) is 10.5. The smallest absolute Gasteiger partial charge is 0.137 e. The second kappa shape index (κ2) is 12.2. The lowest BCUT2D eigenvalue weighted by Crippen LogP contribution is -2.15. The molecule has 1 aliphatic carbocycles. The van der Waals surface area contributed by atoms with Crippen molar-refractivity contribution in [2.24, 2.45) is 0 Å². The van der Waals surface area contributed by atoms with Crippen LogP contribution in [-0.4, -0.2) is 9.38 Å². The first-order valence-corrected chi connectivity index (χ1v) is 20.9. The lowest BCUT2D eigenvalue weighted by atomic mass is 9.79. The van der Waals surface area contributed by atoms with Crippen molar-refractivity contribution in [2.75, 3.05) is 0 Å². The van der Waals surface area contributed by atoms with Gasteiger partial charge in [0.05, 0.1) is 11.0 Å². The summed E-state index contributed by atoms with van der Waals surface area (Å²) in [5.74, 6) is 0. The average molecular weight is 763 g/mol. The van der Waals surface area contributed by atoms with Gasteiger partial charge in [0.25, 0.3) is 0 Å². The quantitative estimate of drug-likeness (QED) is 0.164. The molecular weight excluding hydrogens is 725 g/mol. The van der Waals surface area contributed by atoms with Gasteiger partial charge >= 0.3 is 0 Å². The van der Waals surface area contributed by atoms with Crippen LogP contribution >= 0.6 is 0 Å². The number of fused-ring (bicyclic) bond motifs is 12. The maximum atomic E-state index is 5.08. The van der Waals surface area contributed by atoms with Crippen molar-refractivity contribution < 1.29 is 0 Å². The van der Waals surface area contributed by atoms with Crippen molar-refractivity contribution >= 4 is 70.5 Å². The molecular formula is C58H38N2. The van der Waals surface area contributed by atoms with Gasteiger partial charge in [0.2, 0.25) is 0 Å². The highest BCUT2D eigenvalue weighted by molar-refractivity contribution is 6.23. The Bertz CT molecular complexity index is 3810. The molecule has 0 aliphatic heterocycles. The summed E-state index contributed by atoms with van der Waals surface area (Å²) in [4.78, 5) is 5.08. The highest BCUT2D eigenvalue weighted by Crippen LogP contribution is 2.54. The second-order valence-electron chi connectivity index (χ2n) is 17.2. The molecule has 2 nitrogen and oxygen atoms in total. The summed E-state index contributed by atoms with van der Waals surface area (Å²) in [6.07, 6.45) is 2.27. The Morgan fingerprint density at radius 1 is 0.383 bits per heavy atom. The van der Waals surface area contributed by atoms with E-state index in [-0.39, 0.29) is 5.41 Å². The van der Waals surface area contributed by atoms with E-state index < -0.39 is 0 Å².